The molecule has 3 aromatic rings. The van der Waals surface area contributed by atoms with E-state index in [0.717, 1.165) is 27.7 Å². The Bertz CT molecular complexity index is 1160. The van der Waals surface area contributed by atoms with Crippen molar-refractivity contribution in [2.24, 2.45) is 0 Å². The summed E-state index contributed by atoms with van der Waals surface area (Å²) < 4.78 is 3.46. The number of hydrogen-bond donors (Lipinski definition) is 1. The Morgan fingerprint density at radius 1 is 1.06 bits per heavy atom. The number of nitrogens with zero attached hydrogens (tertiary/aromatic N) is 1. The van der Waals surface area contributed by atoms with E-state index in [4.69, 9.17) is 39.5 Å². The van der Waals surface area contributed by atoms with Crippen molar-refractivity contribution in [3.8, 4) is 0 Å². The smallest absolute Gasteiger partial charge is 0.414 e. The highest BCUT2D eigenvalue weighted by Gasteiger charge is 2.34. The molecule has 9 heteroatoms. The lowest BCUT2D eigenvalue weighted by atomic mass is 10.00. The van der Waals surface area contributed by atoms with E-state index in [2.05, 4.69) is 4.98 Å². The minimum Gasteiger partial charge on any atom is -0.445 e. The predicted molar refractivity (Wildman–Crippen MR) is 131 cm³/mol. The van der Waals surface area contributed by atoms with Gasteiger partial charge in [0.1, 0.15) is 6.61 Å². The van der Waals surface area contributed by atoms with Crippen molar-refractivity contribution in [2.75, 3.05) is 6.61 Å². The second-order valence-electron chi connectivity index (χ2n) is 7.26. The zero-order valence-corrected chi connectivity index (χ0v) is 19.8. The van der Waals surface area contributed by atoms with Crippen LogP contribution in [-0.2, 0) is 15.3 Å². The van der Waals surface area contributed by atoms with E-state index in [1.165, 1.54) is 16.7 Å². The van der Waals surface area contributed by atoms with Crippen LogP contribution in [0, 0.1) is 0 Å². The number of ether oxygens (including phenoxy) is 1. The van der Waals surface area contributed by atoms with Gasteiger partial charge < -0.3 is 9.72 Å². The Hall–Kier alpha value is -2.12. The van der Waals surface area contributed by atoms with Crippen LogP contribution in [0.3, 0.4) is 0 Å². The Morgan fingerprint density at radius 2 is 1.78 bits per heavy atom. The number of fused-ring (bicyclic) bond motifs is 3. The number of para-hydroxylation sites is 1. The molecule has 4 rings (SSSR count). The van der Waals surface area contributed by atoms with Crippen molar-refractivity contribution in [1.82, 2.24) is 9.88 Å². The van der Waals surface area contributed by atoms with E-state index in [9.17, 15) is 9.59 Å². The molecule has 2 heterocycles. The molecule has 0 fully saturated rings. The van der Waals surface area contributed by atoms with Gasteiger partial charge in [-0.1, -0.05) is 95.1 Å². The molecule has 1 amide bonds. The van der Waals surface area contributed by atoms with Gasteiger partial charge in [-0.15, -0.1) is 0 Å². The van der Waals surface area contributed by atoms with Gasteiger partial charge in [0.05, 0.1) is 6.04 Å². The van der Waals surface area contributed by atoms with Crippen molar-refractivity contribution in [3.05, 3.63) is 77.6 Å². The maximum absolute atomic E-state index is 12.9. The molecule has 2 aromatic carbocycles. The number of carbonyl (C=O) groups excluding carboxylic acids is 2. The van der Waals surface area contributed by atoms with Gasteiger partial charge >= 0.3 is 6.09 Å². The molecule has 1 atom stereocenters. The van der Waals surface area contributed by atoms with Crippen LogP contribution >= 0.6 is 46.6 Å². The highest BCUT2D eigenvalue weighted by atomic mass is 35.6. The molecule has 0 unspecified atom stereocenters. The number of rotatable bonds is 5. The average molecular weight is 510 g/mol. The Kier molecular flexibility index (Phi) is 7.05. The van der Waals surface area contributed by atoms with E-state index in [-0.39, 0.29) is 11.5 Å². The van der Waals surface area contributed by atoms with Crippen molar-refractivity contribution in [3.63, 3.8) is 0 Å². The minimum atomic E-state index is -1.72. The number of aromatic nitrogens is 1. The van der Waals surface area contributed by atoms with Crippen molar-refractivity contribution in [1.29, 1.82) is 0 Å². The quantitative estimate of drug-likeness (QED) is 0.382. The summed E-state index contributed by atoms with van der Waals surface area (Å²) in [6.07, 6.45) is 2.85. The molecule has 0 radical (unpaired) electrons. The molecular weight excluding hydrogens is 491 g/mol. The molecule has 32 heavy (non-hydrogen) atoms. The third-order valence-electron chi connectivity index (χ3n) is 5.02. The summed E-state index contributed by atoms with van der Waals surface area (Å²) in [6, 6.07) is 17.0. The summed E-state index contributed by atoms with van der Waals surface area (Å²) in [5.41, 5.74) is 3.69. The molecule has 1 aliphatic heterocycles. The van der Waals surface area contributed by atoms with Gasteiger partial charge in [-0.05, 0) is 17.7 Å². The van der Waals surface area contributed by atoms with Gasteiger partial charge in [0.25, 0.3) is 0 Å². The van der Waals surface area contributed by atoms with Crippen LogP contribution in [0.2, 0.25) is 0 Å². The SMILES string of the molecule is O=C(C[C@H]1c2[nH]c3ccccc3c2C=CN1C(=O)OCC(Cl)(Cl)Cl)SCc1ccccc1. The lowest BCUT2D eigenvalue weighted by molar-refractivity contribution is -0.111. The fourth-order valence-electron chi connectivity index (χ4n) is 3.59. The molecule has 0 aliphatic carbocycles. The lowest BCUT2D eigenvalue weighted by Crippen LogP contribution is -2.35. The molecule has 1 aliphatic rings. The molecule has 1 N–H and O–H groups in total. The number of nitrogens with one attached hydrogen (secondary N) is 1. The number of hydrogen-bond acceptors (Lipinski definition) is 4. The third-order valence-corrected chi connectivity index (χ3v) is 6.31. The summed E-state index contributed by atoms with van der Waals surface area (Å²) in [6.45, 7) is -0.399. The fraction of sp³-hybridized carbons (Fsp3) is 0.217. The van der Waals surface area contributed by atoms with Crippen molar-refractivity contribution < 1.29 is 14.3 Å². The average Bonchev–Trinajstić information content (AvgIpc) is 3.16. The van der Waals surface area contributed by atoms with E-state index in [1.54, 1.807) is 6.20 Å². The minimum absolute atomic E-state index is 0.0436. The summed E-state index contributed by atoms with van der Waals surface area (Å²) in [5, 5.41) is 0.973. The van der Waals surface area contributed by atoms with E-state index < -0.39 is 22.5 Å². The first kappa shape index (κ1) is 23.1. The number of H-pyrrole nitrogens is 1. The number of carbonyl (C=O) groups is 2. The first-order chi connectivity index (χ1) is 15.3. The summed E-state index contributed by atoms with van der Waals surface area (Å²) in [7, 11) is 0. The zero-order chi connectivity index (χ0) is 22.7. The number of aromatic amines is 1. The predicted octanol–water partition coefficient (Wildman–Crippen LogP) is 6.85. The van der Waals surface area contributed by atoms with Gasteiger partial charge in [0.15, 0.2) is 5.12 Å². The number of alkyl halides is 3. The van der Waals surface area contributed by atoms with Gasteiger partial charge in [-0.25, -0.2) is 4.79 Å². The molecule has 0 saturated carbocycles. The lowest BCUT2D eigenvalue weighted by Gasteiger charge is -2.31. The number of amides is 1. The summed E-state index contributed by atoms with van der Waals surface area (Å²) in [4.78, 5) is 30.4. The van der Waals surface area contributed by atoms with Gasteiger partial charge in [0.2, 0.25) is 3.79 Å². The Morgan fingerprint density at radius 3 is 2.53 bits per heavy atom. The van der Waals surface area contributed by atoms with Crippen LogP contribution in [-0.4, -0.2) is 31.5 Å². The topological polar surface area (TPSA) is 62.4 Å². The van der Waals surface area contributed by atoms with Crippen LogP contribution in [0.25, 0.3) is 17.0 Å². The second kappa shape index (κ2) is 9.79. The molecule has 5 nitrogen and oxygen atoms in total. The molecule has 1 aromatic heterocycles. The number of thioether (sulfide) groups is 1. The monoisotopic (exact) mass is 508 g/mol. The largest absolute Gasteiger partial charge is 0.445 e. The van der Waals surface area contributed by atoms with Gasteiger partial charge in [0, 0.05) is 40.5 Å². The normalized spacial score (nSPS) is 15.6. The van der Waals surface area contributed by atoms with E-state index >= 15 is 0 Å². The highest BCUT2D eigenvalue weighted by molar-refractivity contribution is 8.12. The summed E-state index contributed by atoms with van der Waals surface area (Å²) in [5.74, 6) is 0.555. The molecule has 166 valence electrons. The van der Waals surface area contributed by atoms with E-state index in [0.29, 0.717) is 5.75 Å². The van der Waals surface area contributed by atoms with Crippen LogP contribution in [0.5, 0.6) is 0 Å². The molecule has 0 bridgehead atoms. The molecule has 0 saturated heterocycles. The Balaban J connectivity index is 1.57. The van der Waals surface area contributed by atoms with Crippen LogP contribution in [0.1, 0.15) is 29.3 Å². The first-order valence-corrected chi connectivity index (χ1v) is 11.9. The van der Waals surface area contributed by atoms with Crippen LogP contribution in [0.4, 0.5) is 4.79 Å². The molecular formula is C23H19Cl3N2O3S. The van der Waals surface area contributed by atoms with Gasteiger partial charge in [-0.3, -0.25) is 9.69 Å². The zero-order valence-electron chi connectivity index (χ0n) is 16.8. The molecule has 0 spiro atoms. The Labute approximate surface area is 204 Å². The maximum atomic E-state index is 12.9. The van der Waals surface area contributed by atoms with E-state index in [1.807, 2.05) is 60.7 Å². The summed E-state index contributed by atoms with van der Waals surface area (Å²) >= 11 is 18.4. The van der Waals surface area contributed by atoms with Crippen molar-refractivity contribution >= 4 is 74.8 Å². The fourth-order valence-corrected chi connectivity index (χ4v) is 4.55. The maximum Gasteiger partial charge on any atom is 0.414 e. The standard InChI is InChI=1S/C23H19Cl3N2O3S/c24-23(25,26)14-31-22(30)28-11-10-17-16-8-4-5-9-18(16)27-21(17)19(28)12-20(29)32-13-15-6-2-1-3-7-15/h1-11,19,27H,12-14H2/t19-/m0/s1. The number of benzene rings is 2. The highest BCUT2D eigenvalue weighted by Crippen LogP contribution is 2.38. The number of halogens is 3. The van der Waals surface area contributed by atoms with Crippen molar-refractivity contribution in [2.45, 2.75) is 22.0 Å². The first-order valence-electron chi connectivity index (χ1n) is 9.82. The second-order valence-corrected chi connectivity index (χ2v) is 10.8. The third kappa shape index (κ3) is 5.44. The van der Waals surface area contributed by atoms with Crippen LogP contribution in [0.15, 0.2) is 60.8 Å². The van der Waals surface area contributed by atoms with Gasteiger partial charge in [-0.2, -0.15) is 0 Å². The van der Waals surface area contributed by atoms with Crippen LogP contribution < -0.4 is 0 Å².